The van der Waals surface area contributed by atoms with Crippen molar-refractivity contribution in [3.05, 3.63) is 64.9 Å². The Bertz CT molecular complexity index is 794. The molecule has 4 nitrogen and oxygen atoms in total. The molecule has 0 spiro atoms. The van der Waals surface area contributed by atoms with Crippen LogP contribution < -0.4 is 4.31 Å². The molecular formula is C15H13ClFNO3S. The topological polar surface area (TPSA) is 54.5 Å². The third kappa shape index (κ3) is 3.28. The molecule has 2 aromatic carbocycles. The van der Waals surface area contributed by atoms with Crippen molar-refractivity contribution in [2.75, 3.05) is 10.1 Å². The van der Waals surface area contributed by atoms with Crippen molar-refractivity contribution < 1.29 is 17.6 Å². The van der Waals surface area contributed by atoms with Crippen LogP contribution in [0.1, 0.15) is 17.3 Å². The van der Waals surface area contributed by atoms with Crippen molar-refractivity contribution in [3.63, 3.8) is 0 Å². The van der Waals surface area contributed by atoms with Gasteiger partial charge in [-0.3, -0.25) is 4.79 Å². The molecule has 0 saturated carbocycles. The Morgan fingerprint density at radius 3 is 2.36 bits per heavy atom. The van der Waals surface area contributed by atoms with E-state index in [1.165, 1.54) is 25.1 Å². The van der Waals surface area contributed by atoms with E-state index in [1.807, 2.05) is 0 Å². The van der Waals surface area contributed by atoms with E-state index >= 15 is 0 Å². The highest BCUT2D eigenvalue weighted by Crippen LogP contribution is 2.30. The van der Waals surface area contributed by atoms with E-state index in [0.29, 0.717) is 4.31 Å². The average molecular weight is 342 g/mol. The van der Waals surface area contributed by atoms with E-state index < -0.39 is 21.7 Å². The molecule has 0 N–H and O–H groups in total. The van der Waals surface area contributed by atoms with Gasteiger partial charge in [0.05, 0.1) is 16.5 Å². The molecule has 22 heavy (non-hydrogen) atoms. The molecule has 0 aliphatic heterocycles. The zero-order chi connectivity index (χ0) is 16.3. The molecule has 0 aromatic heterocycles. The van der Waals surface area contributed by atoms with Crippen molar-refractivity contribution in [1.29, 1.82) is 0 Å². The second-order valence-corrected chi connectivity index (χ2v) is 6.95. The maximum Gasteiger partial charge on any atom is 0.272 e. The number of amides is 1. The Morgan fingerprint density at radius 2 is 1.82 bits per heavy atom. The van der Waals surface area contributed by atoms with Gasteiger partial charge in [0.2, 0.25) is 10.0 Å². The number of nitrogens with zero attached hydrogens (tertiary/aromatic N) is 1. The summed E-state index contributed by atoms with van der Waals surface area (Å²) < 4.78 is 38.4. The molecule has 0 saturated heterocycles. The molecule has 0 aliphatic rings. The molecular weight excluding hydrogens is 329 g/mol. The monoisotopic (exact) mass is 341 g/mol. The Hall–Kier alpha value is -1.92. The smallest absolute Gasteiger partial charge is 0.268 e. The van der Waals surface area contributed by atoms with Crippen molar-refractivity contribution in [3.8, 4) is 0 Å². The van der Waals surface area contributed by atoms with Crippen molar-refractivity contribution >= 4 is 33.2 Å². The summed E-state index contributed by atoms with van der Waals surface area (Å²) in [5.41, 5.74) is 0.124. The van der Waals surface area contributed by atoms with Crippen LogP contribution in [-0.4, -0.2) is 20.1 Å². The van der Waals surface area contributed by atoms with Gasteiger partial charge in [-0.25, -0.2) is 17.1 Å². The number of halogens is 2. The van der Waals surface area contributed by atoms with Crippen molar-refractivity contribution in [2.24, 2.45) is 0 Å². The SMILES string of the molecule is CCS(=O)(=O)N(C(=O)c1ccccc1)c1ccc(F)cc1Cl. The molecule has 0 atom stereocenters. The first-order valence-electron chi connectivity index (χ1n) is 6.44. The first kappa shape index (κ1) is 16.5. The molecule has 7 heteroatoms. The Kier molecular flexibility index (Phi) is 4.83. The fourth-order valence-electron chi connectivity index (χ4n) is 1.86. The highest BCUT2D eigenvalue weighted by atomic mass is 35.5. The fourth-order valence-corrected chi connectivity index (χ4v) is 3.24. The van der Waals surface area contributed by atoms with Crippen LogP contribution in [-0.2, 0) is 10.0 Å². The summed E-state index contributed by atoms with van der Waals surface area (Å²) in [4.78, 5) is 12.6. The number of sulfonamides is 1. The van der Waals surface area contributed by atoms with E-state index in [9.17, 15) is 17.6 Å². The first-order chi connectivity index (χ1) is 10.4. The van der Waals surface area contributed by atoms with E-state index in [2.05, 4.69) is 0 Å². The van der Waals surface area contributed by atoms with Crippen molar-refractivity contribution in [2.45, 2.75) is 6.92 Å². The summed E-state index contributed by atoms with van der Waals surface area (Å²) in [6.07, 6.45) is 0. The number of carbonyl (C=O) groups is 1. The predicted molar refractivity (Wildman–Crippen MR) is 84.1 cm³/mol. The van der Waals surface area contributed by atoms with Gasteiger partial charge in [0.1, 0.15) is 5.82 Å². The number of carbonyl (C=O) groups excluding carboxylic acids is 1. The zero-order valence-electron chi connectivity index (χ0n) is 11.7. The van der Waals surface area contributed by atoms with E-state index in [1.54, 1.807) is 18.2 Å². The highest BCUT2D eigenvalue weighted by Gasteiger charge is 2.30. The lowest BCUT2D eigenvalue weighted by Crippen LogP contribution is -2.38. The van der Waals surface area contributed by atoms with Gasteiger partial charge < -0.3 is 0 Å². The predicted octanol–water partition coefficient (Wildman–Crippen LogP) is 3.48. The zero-order valence-corrected chi connectivity index (χ0v) is 13.2. The molecule has 1 amide bonds. The fraction of sp³-hybridized carbons (Fsp3) is 0.133. The van der Waals surface area contributed by atoms with Crippen LogP contribution in [0.5, 0.6) is 0 Å². The van der Waals surface area contributed by atoms with Crippen LogP contribution in [0.25, 0.3) is 0 Å². The molecule has 116 valence electrons. The lowest BCUT2D eigenvalue weighted by Gasteiger charge is -2.23. The molecule has 2 rings (SSSR count). The molecule has 0 aliphatic carbocycles. The van der Waals surface area contributed by atoms with Gasteiger partial charge in [-0.1, -0.05) is 29.8 Å². The van der Waals surface area contributed by atoms with E-state index in [-0.39, 0.29) is 22.0 Å². The minimum absolute atomic E-state index is 0.0706. The third-order valence-electron chi connectivity index (χ3n) is 2.98. The van der Waals surface area contributed by atoms with Crippen LogP contribution in [0.2, 0.25) is 5.02 Å². The highest BCUT2D eigenvalue weighted by molar-refractivity contribution is 7.93. The molecule has 0 radical (unpaired) electrons. The minimum atomic E-state index is -3.92. The molecule has 0 bridgehead atoms. The van der Waals surface area contributed by atoms with Gasteiger partial charge in [0.25, 0.3) is 5.91 Å². The molecule has 2 aromatic rings. The van der Waals surface area contributed by atoms with Gasteiger partial charge in [-0.05, 0) is 37.3 Å². The van der Waals surface area contributed by atoms with E-state index in [4.69, 9.17) is 11.6 Å². The lowest BCUT2D eigenvalue weighted by atomic mass is 10.2. The number of anilines is 1. The van der Waals surface area contributed by atoms with Gasteiger partial charge >= 0.3 is 0 Å². The number of rotatable bonds is 4. The summed E-state index contributed by atoms with van der Waals surface area (Å²) in [5.74, 6) is -1.65. The van der Waals surface area contributed by atoms with Gasteiger partial charge in [-0.2, -0.15) is 0 Å². The first-order valence-corrected chi connectivity index (χ1v) is 8.43. The quantitative estimate of drug-likeness (QED) is 0.855. The number of hydrogen-bond donors (Lipinski definition) is 0. The largest absolute Gasteiger partial charge is 0.272 e. The average Bonchev–Trinajstić information content (AvgIpc) is 2.50. The van der Waals surface area contributed by atoms with Gasteiger partial charge in [0.15, 0.2) is 0 Å². The maximum absolute atomic E-state index is 13.2. The second kappa shape index (κ2) is 6.46. The summed E-state index contributed by atoms with van der Waals surface area (Å²) in [7, 11) is -3.92. The van der Waals surface area contributed by atoms with Crippen LogP contribution >= 0.6 is 11.6 Å². The number of benzene rings is 2. The van der Waals surface area contributed by atoms with Crippen molar-refractivity contribution in [1.82, 2.24) is 0 Å². The Balaban J connectivity index is 2.60. The minimum Gasteiger partial charge on any atom is -0.268 e. The summed E-state index contributed by atoms with van der Waals surface area (Å²) in [6, 6.07) is 11.1. The van der Waals surface area contributed by atoms with Crippen LogP contribution in [0.15, 0.2) is 48.5 Å². The molecule has 0 unspecified atom stereocenters. The third-order valence-corrected chi connectivity index (χ3v) is 4.93. The Labute approximate surface area is 133 Å². The van der Waals surface area contributed by atoms with E-state index in [0.717, 1.165) is 12.1 Å². The van der Waals surface area contributed by atoms with Crippen LogP contribution in [0.3, 0.4) is 0 Å². The van der Waals surface area contributed by atoms with Crippen LogP contribution in [0, 0.1) is 5.82 Å². The lowest BCUT2D eigenvalue weighted by molar-refractivity contribution is 0.101. The number of hydrogen-bond acceptors (Lipinski definition) is 3. The maximum atomic E-state index is 13.2. The van der Waals surface area contributed by atoms with Crippen LogP contribution in [0.4, 0.5) is 10.1 Å². The standard InChI is InChI=1S/C15H13ClFNO3S/c1-2-22(20,21)18(14-9-8-12(17)10-13(14)16)15(19)11-6-4-3-5-7-11/h3-10H,2H2,1H3. The van der Waals surface area contributed by atoms with Gasteiger partial charge in [0, 0.05) is 5.56 Å². The summed E-state index contributed by atoms with van der Waals surface area (Å²) in [5, 5.41) is -0.152. The second-order valence-electron chi connectivity index (χ2n) is 4.43. The Morgan fingerprint density at radius 1 is 1.18 bits per heavy atom. The molecule has 0 fully saturated rings. The summed E-state index contributed by atoms with van der Waals surface area (Å²) in [6.45, 7) is 1.41. The van der Waals surface area contributed by atoms with Gasteiger partial charge in [-0.15, -0.1) is 0 Å². The normalized spacial score (nSPS) is 11.2. The molecule has 0 heterocycles. The summed E-state index contributed by atoms with van der Waals surface area (Å²) >= 11 is 5.92.